The van der Waals surface area contributed by atoms with Crippen LogP contribution in [-0.4, -0.2) is 74.9 Å². The Morgan fingerprint density at radius 2 is 1.87 bits per heavy atom. The first-order valence-electron chi connectivity index (χ1n) is 10.1. The van der Waals surface area contributed by atoms with E-state index in [0.29, 0.717) is 38.3 Å². The highest BCUT2D eigenvalue weighted by atomic mass is 32.2. The van der Waals surface area contributed by atoms with Crippen molar-refractivity contribution in [3.05, 3.63) is 35.3 Å². The molecule has 2 aromatic rings. The van der Waals surface area contributed by atoms with Crippen molar-refractivity contribution in [3.63, 3.8) is 0 Å². The predicted molar refractivity (Wildman–Crippen MR) is 116 cm³/mol. The smallest absolute Gasteiger partial charge is 0.253 e. The van der Waals surface area contributed by atoms with Crippen LogP contribution in [0.15, 0.2) is 34.7 Å². The summed E-state index contributed by atoms with van der Waals surface area (Å²) in [5.41, 5.74) is 0.372. The number of methoxy groups -OCH3 is 1. The summed E-state index contributed by atoms with van der Waals surface area (Å²) in [5.74, 6) is 0.112. The Bertz CT molecular complexity index is 988. The van der Waals surface area contributed by atoms with Crippen molar-refractivity contribution in [3.8, 4) is 5.75 Å². The molecule has 2 saturated heterocycles. The molecule has 8 nitrogen and oxygen atoms in total. The highest BCUT2D eigenvalue weighted by Crippen LogP contribution is 2.30. The highest BCUT2D eigenvalue weighted by Gasteiger charge is 2.31. The first kappa shape index (κ1) is 21.1. The van der Waals surface area contributed by atoms with Crippen molar-refractivity contribution < 1.29 is 17.9 Å². The summed E-state index contributed by atoms with van der Waals surface area (Å²) in [6.07, 6.45) is 4.32. The zero-order valence-corrected chi connectivity index (χ0v) is 18.6. The number of nitrogens with zero attached hydrogens (tertiary/aromatic N) is 4. The molecule has 0 unspecified atom stereocenters. The van der Waals surface area contributed by atoms with Gasteiger partial charge in [0.15, 0.2) is 5.13 Å². The largest absolute Gasteiger partial charge is 0.495 e. The van der Waals surface area contributed by atoms with Crippen molar-refractivity contribution >= 4 is 32.4 Å². The van der Waals surface area contributed by atoms with Gasteiger partial charge in [-0.1, -0.05) is 0 Å². The number of aromatic nitrogens is 1. The third-order valence-electron chi connectivity index (χ3n) is 5.57. The third-order valence-corrected chi connectivity index (χ3v) is 8.32. The standard InChI is InChI=1S/C20H26N4O4S2/c1-28-17-6-5-16(15-18(17)30(26,27)24-10-2-3-11-24)19(25)22-8-4-9-23(13-12-22)20-21-7-14-29-20/h5-7,14-15H,2-4,8-13H2,1H3. The fourth-order valence-corrected chi connectivity index (χ4v) is 6.34. The second-order valence-electron chi connectivity index (χ2n) is 7.42. The molecular weight excluding hydrogens is 424 g/mol. The Labute approximate surface area is 181 Å². The van der Waals surface area contributed by atoms with Gasteiger partial charge in [0.1, 0.15) is 10.6 Å². The quantitative estimate of drug-likeness (QED) is 0.695. The van der Waals surface area contributed by atoms with E-state index in [9.17, 15) is 13.2 Å². The zero-order chi connectivity index (χ0) is 21.1. The van der Waals surface area contributed by atoms with Crippen molar-refractivity contribution in [1.82, 2.24) is 14.2 Å². The molecular formula is C20H26N4O4S2. The molecule has 0 N–H and O–H groups in total. The van der Waals surface area contributed by atoms with E-state index in [4.69, 9.17) is 4.74 Å². The summed E-state index contributed by atoms with van der Waals surface area (Å²) in [6, 6.07) is 4.70. The van der Waals surface area contributed by atoms with Crippen LogP contribution in [0.3, 0.4) is 0 Å². The van der Waals surface area contributed by atoms with E-state index in [1.54, 1.807) is 34.6 Å². The van der Waals surface area contributed by atoms with Gasteiger partial charge in [-0.25, -0.2) is 13.4 Å². The van der Waals surface area contributed by atoms with Gasteiger partial charge in [-0.05, 0) is 37.5 Å². The Balaban J connectivity index is 1.55. The number of sulfonamides is 1. The van der Waals surface area contributed by atoms with Gasteiger partial charge in [0.2, 0.25) is 10.0 Å². The monoisotopic (exact) mass is 450 g/mol. The third kappa shape index (κ3) is 4.17. The molecule has 162 valence electrons. The maximum absolute atomic E-state index is 13.2. The highest BCUT2D eigenvalue weighted by molar-refractivity contribution is 7.89. The second kappa shape index (κ2) is 8.91. The van der Waals surface area contributed by atoms with Crippen LogP contribution in [0.4, 0.5) is 5.13 Å². The number of ether oxygens (including phenoxy) is 1. The lowest BCUT2D eigenvalue weighted by molar-refractivity contribution is 0.0766. The number of carbonyl (C=O) groups excluding carboxylic acids is 1. The molecule has 1 aromatic carbocycles. The number of anilines is 1. The SMILES string of the molecule is COc1ccc(C(=O)N2CCCN(c3nccs3)CC2)cc1S(=O)(=O)N1CCCC1. The molecule has 0 atom stereocenters. The summed E-state index contributed by atoms with van der Waals surface area (Å²) in [6.45, 7) is 3.74. The van der Waals surface area contributed by atoms with Crippen LogP contribution in [-0.2, 0) is 10.0 Å². The molecule has 1 amide bonds. The Morgan fingerprint density at radius 1 is 1.07 bits per heavy atom. The number of hydrogen-bond donors (Lipinski definition) is 0. The van der Waals surface area contributed by atoms with Crippen LogP contribution < -0.4 is 9.64 Å². The first-order chi connectivity index (χ1) is 14.5. The molecule has 0 radical (unpaired) electrons. The van der Waals surface area contributed by atoms with E-state index in [1.807, 2.05) is 5.38 Å². The molecule has 3 heterocycles. The van der Waals surface area contributed by atoms with E-state index < -0.39 is 10.0 Å². The van der Waals surface area contributed by atoms with E-state index >= 15 is 0 Å². The van der Waals surface area contributed by atoms with Gasteiger partial charge in [0.05, 0.1) is 7.11 Å². The molecule has 0 spiro atoms. The number of benzene rings is 1. The van der Waals surface area contributed by atoms with Gasteiger partial charge in [-0.15, -0.1) is 11.3 Å². The van der Waals surface area contributed by atoms with E-state index in [2.05, 4.69) is 9.88 Å². The summed E-state index contributed by atoms with van der Waals surface area (Å²) in [5, 5.41) is 2.91. The minimum absolute atomic E-state index is 0.0667. The first-order valence-corrected chi connectivity index (χ1v) is 12.4. The van der Waals surface area contributed by atoms with E-state index in [0.717, 1.165) is 30.9 Å². The summed E-state index contributed by atoms with van der Waals surface area (Å²) in [4.78, 5) is 21.6. The zero-order valence-electron chi connectivity index (χ0n) is 17.0. The van der Waals surface area contributed by atoms with Crippen molar-refractivity contribution in [1.29, 1.82) is 0 Å². The van der Waals surface area contributed by atoms with Crippen LogP contribution in [0.5, 0.6) is 5.75 Å². The average molecular weight is 451 g/mol. The Hall–Kier alpha value is -2.17. The summed E-state index contributed by atoms with van der Waals surface area (Å²) < 4.78 is 33.0. The van der Waals surface area contributed by atoms with Gasteiger partial charge in [0.25, 0.3) is 5.91 Å². The van der Waals surface area contributed by atoms with Crippen molar-refractivity contribution in [2.24, 2.45) is 0 Å². The van der Waals surface area contributed by atoms with Crippen molar-refractivity contribution in [2.75, 3.05) is 51.3 Å². The molecule has 0 saturated carbocycles. The number of rotatable bonds is 5. The summed E-state index contributed by atoms with van der Waals surface area (Å²) >= 11 is 1.59. The lowest BCUT2D eigenvalue weighted by Gasteiger charge is -2.23. The molecule has 0 aliphatic carbocycles. The fraction of sp³-hybridized carbons (Fsp3) is 0.500. The summed E-state index contributed by atoms with van der Waals surface area (Å²) in [7, 11) is -2.25. The molecule has 2 fully saturated rings. The van der Waals surface area contributed by atoms with Gasteiger partial charge in [0, 0.05) is 56.4 Å². The van der Waals surface area contributed by atoms with Crippen LogP contribution in [0.25, 0.3) is 0 Å². The van der Waals surface area contributed by atoms with E-state index in [-0.39, 0.29) is 16.6 Å². The number of hydrogen-bond acceptors (Lipinski definition) is 7. The molecule has 2 aliphatic rings. The second-order valence-corrected chi connectivity index (χ2v) is 10.2. The fourth-order valence-electron chi connectivity index (χ4n) is 3.95. The van der Waals surface area contributed by atoms with Crippen molar-refractivity contribution in [2.45, 2.75) is 24.2 Å². The molecule has 10 heteroatoms. The van der Waals surface area contributed by atoms with Gasteiger partial charge in [-0.3, -0.25) is 4.79 Å². The number of carbonyl (C=O) groups is 1. The van der Waals surface area contributed by atoms with Gasteiger partial charge < -0.3 is 14.5 Å². The Morgan fingerprint density at radius 3 is 2.57 bits per heavy atom. The molecule has 2 aliphatic heterocycles. The van der Waals surface area contributed by atoms with Crippen LogP contribution in [0.2, 0.25) is 0 Å². The predicted octanol–water partition coefficient (Wildman–Crippen LogP) is 2.29. The maximum Gasteiger partial charge on any atom is 0.253 e. The number of amides is 1. The average Bonchev–Trinajstić information content (AvgIpc) is 3.44. The van der Waals surface area contributed by atoms with Crippen LogP contribution in [0, 0.1) is 0 Å². The number of thiazole rings is 1. The van der Waals surface area contributed by atoms with Gasteiger partial charge >= 0.3 is 0 Å². The molecule has 30 heavy (non-hydrogen) atoms. The maximum atomic E-state index is 13.2. The van der Waals surface area contributed by atoms with Crippen LogP contribution >= 0.6 is 11.3 Å². The molecule has 0 bridgehead atoms. The minimum atomic E-state index is -3.69. The minimum Gasteiger partial charge on any atom is -0.495 e. The lowest BCUT2D eigenvalue weighted by atomic mass is 10.2. The molecule has 4 rings (SSSR count). The normalized spacial score (nSPS) is 18.4. The Kier molecular flexibility index (Phi) is 6.26. The molecule has 1 aromatic heterocycles. The van der Waals surface area contributed by atoms with E-state index in [1.165, 1.54) is 17.5 Å². The topological polar surface area (TPSA) is 83.0 Å². The lowest BCUT2D eigenvalue weighted by Crippen LogP contribution is -2.35. The van der Waals surface area contributed by atoms with Crippen LogP contribution in [0.1, 0.15) is 29.6 Å². The van der Waals surface area contributed by atoms with Gasteiger partial charge in [-0.2, -0.15) is 4.31 Å².